The van der Waals surface area contributed by atoms with Crippen molar-refractivity contribution in [1.82, 2.24) is 0 Å². The number of hydrogen-bond acceptors (Lipinski definition) is 1. The SMILES string of the molecule is Oc1ccccc1-c1cc(Cl)cc2cccc(Br)c12. The molecule has 0 spiro atoms. The lowest BCUT2D eigenvalue weighted by molar-refractivity contribution is 0.477. The highest BCUT2D eigenvalue weighted by Gasteiger charge is 2.11. The first-order chi connectivity index (χ1) is 9.16. The molecule has 0 radical (unpaired) electrons. The standard InChI is InChI=1S/C16H10BrClO/c17-14-6-3-4-10-8-11(18)9-13(16(10)14)12-5-1-2-7-15(12)19/h1-9,19H. The summed E-state index contributed by atoms with van der Waals surface area (Å²) < 4.78 is 0.986. The van der Waals surface area contributed by atoms with Crippen molar-refractivity contribution in [3.8, 4) is 16.9 Å². The minimum Gasteiger partial charge on any atom is -0.507 e. The molecule has 0 aliphatic carbocycles. The van der Waals surface area contributed by atoms with E-state index in [1.165, 1.54) is 0 Å². The molecule has 1 N–H and O–H groups in total. The van der Waals surface area contributed by atoms with Crippen molar-refractivity contribution in [1.29, 1.82) is 0 Å². The Bertz CT molecular complexity index is 768. The Morgan fingerprint density at radius 2 is 1.68 bits per heavy atom. The van der Waals surface area contributed by atoms with Crippen LogP contribution in [0.15, 0.2) is 59.1 Å². The van der Waals surface area contributed by atoms with Crippen molar-refractivity contribution < 1.29 is 5.11 Å². The summed E-state index contributed by atoms with van der Waals surface area (Å²) in [6.07, 6.45) is 0. The second kappa shape index (κ2) is 4.87. The van der Waals surface area contributed by atoms with Crippen LogP contribution < -0.4 is 0 Å². The van der Waals surface area contributed by atoms with Crippen molar-refractivity contribution in [3.63, 3.8) is 0 Å². The van der Waals surface area contributed by atoms with Gasteiger partial charge in [-0.05, 0) is 35.2 Å². The molecule has 0 heterocycles. The number of halogens is 2. The molecular weight excluding hydrogens is 324 g/mol. The zero-order chi connectivity index (χ0) is 13.4. The fourth-order valence-corrected chi connectivity index (χ4v) is 3.08. The van der Waals surface area contributed by atoms with Gasteiger partial charge in [-0.15, -0.1) is 0 Å². The summed E-state index contributed by atoms with van der Waals surface area (Å²) in [5, 5.41) is 12.8. The average molecular weight is 334 g/mol. The lowest BCUT2D eigenvalue weighted by atomic mass is 9.97. The number of benzene rings is 3. The normalized spacial score (nSPS) is 10.8. The molecule has 1 nitrogen and oxygen atoms in total. The molecule has 0 aromatic heterocycles. The predicted octanol–water partition coefficient (Wildman–Crippen LogP) is 5.63. The molecule has 3 aromatic rings. The Kier molecular flexibility index (Phi) is 3.21. The monoisotopic (exact) mass is 332 g/mol. The second-order valence-corrected chi connectivity index (χ2v) is 5.60. The molecule has 3 aromatic carbocycles. The van der Waals surface area contributed by atoms with Crippen molar-refractivity contribution >= 4 is 38.3 Å². The van der Waals surface area contributed by atoms with Gasteiger partial charge in [-0.3, -0.25) is 0 Å². The van der Waals surface area contributed by atoms with Crippen molar-refractivity contribution in [2.24, 2.45) is 0 Å². The highest BCUT2D eigenvalue weighted by molar-refractivity contribution is 9.10. The minimum atomic E-state index is 0.252. The van der Waals surface area contributed by atoms with E-state index in [-0.39, 0.29) is 5.75 Å². The first-order valence-electron chi connectivity index (χ1n) is 5.83. The van der Waals surface area contributed by atoms with Gasteiger partial charge >= 0.3 is 0 Å². The fourth-order valence-electron chi connectivity index (χ4n) is 2.26. The molecule has 3 rings (SSSR count). The van der Waals surface area contributed by atoms with Gasteiger partial charge in [0, 0.05) is 20.4 Å². The maximum Gasteiger partial charge on any atom is 0.123 e. The average Bonchev–Trinajstić information content (AvgIpc) is 2.38. The van der Waals surface area contributed by atoms with Crippen LogP contribution in [-0.4, -0.2) is 5.11 Å². The van der Waals surface area contributed by atoms with Gasteiger partial charge in [0.1, 0.15) is 5.75 Å². The van der Waals surface area contributed by atoms with Crippen LogP contribution in [0.2, 0.25) is 5.02 Å². The fraction of sp³-hybridized carbons (Fsp3) is 0. The number of fused-ring (bicyclic) bond motifs is 1. The zero-order valence-corrected chi connectivity index (χ0v) is 12.2. The molecule has 0 atom stereocenters. The molecule has 0 bridgehead atoms. The second-order valence-electron chi connectivity index (χ2n) is 4.31. The molecule has 19 heavy (non-hydrogen) atoms. The van der Waals surface area contributed by atoms with Gasteiger partial charge in [-0.2, -0.15) is 0 Å². The molecule has 3 heteroatoms. The van der Waals surface area contributed by atoms with Crippen LogP contribution in [0.1, 0.15) is 0 Å². The Morgan fingerprint density at radius 3 is 2.47 bits per heavy atom. The van der Waals surface area contributed by atoms with E-state index >= 15 is 0 Å². The van der Waals surface area contributed by atoms with Crippen molar-refractivity contribution in [3.05, 3.63) is 64.1 Å². The van der Waals surface area contributed by atoms with Crippen LogP contribution in [0, 0.1) is 0 Å². The van der Waals surface area contributed by atoms with E-state index in [9.17, 15) is 5.11 Å². The first kappa shape index (κ1) is 12.5. The Morgan fingerprint density at radius 1 is 0.895 bits per heavy atom. The third kappa shape index (κ3) is 2.22. The molecule has 0 saturated heterocycles. The van der Waals surface area contributed by atoms with E-state index < -0.39 is 0 Å². The van der Waals surface area contributed by atoms with E-state index in [1.807, 2.05) is 42.5 Å². The van der Waals surface area contributed by atoms with E-state index in [0.29, 0.717) is 5.02 Å². The highest BCUT2D eigenvalue weighted by Crippen LogP contribution is 2.39. The minimum absolute atomic E-state index is 0.252. The molecule has 0 aliphatic heterocycles. The Labute approximate surface area is 124 Å². The van der Waals surface area contributed by atoms with Gasteiger partial charge in [-0.1, -0.05) is 57.9 Å². The van der Waals surface area contributed by atoms with Gasteiger partial charge in [0.2, 0.25) is 0 Å². The smallest absolute Gasteiger partial charge is 0.123 e. The molecule has 0 unspecified atom stereocenters. The number of phenolic OH excluding ortho intramolecular Hbond substituents is 1. The predicted molar refractivity (Wildman–Crippen MR) is 83.8 cm³/mol. The highest BCUT2D eigenvalue weighted by atomic mass is 79.9. The summed E-state index contributed by atoms with van der Waals surface area (Å²) in [5.41, 5.74) is 1.70. The van der Waals surface area contributed by atoms with Gasteiger partial charge in [-0.25, -0.2) is 0 Å². The third-order valence-corrected chi connectivity index (χ3v) is 3.96. The lowest BCUT2D eigenvalue weighted by Gasteiger charge is -2.11. The van der Waals surface area contributed by atoms with E-state index in [4.69, 9.17) is 11.6 Å². The summed E-state index contributed by atoms with van der Waals surface area (Å²) in [4.78, 5) is 0. The van der Waals surface area contributed by atoms with Crippen LogP contribution in [0.3, 0.4) is 0 Å². The van der Waals surface area contributed by atoms with Crippen LogP contribution in [0.4, 0.5) is 0 Å². The van der Waals surface area contributed by atoms with Crippen molar-refractivity contribution in [2.45, 2.75) is 0 Å². The number of aromatic hydroxyl groups is 1. The Hall–Kier alpha value is -1.51. The molecule has 0 amide bonds. The van der Waals surface area contributed by atoms with E-state index in [2.05, 4.69) is 15.9 Å². The molecule has 0 saturated carbocycles. The maximum atomic E-state index is 10.0. The third-order valence-electron chi connectivity index (χ3n) is 3.09. The summed E-state index contributed by atoms with van der Waals surface area (Å²) >= 11 is 9.75. The number of rotatable bonds is 1. The Balaban J connectivity index is 2.44. The van der Waals surface area contributed by atoms with Crippen LogP contribution >= 0.6 is 27.5 Å². The number of hydrogen-bond donors (Lipinski definition) is 1. The summed E-state index contributed by atoms with van der Waals surface area (Å²) in [6, 6.07) is 17.0. The van der Waals surface area contributed by atoms with Crippen LogP contribution in [0.25, 0.3) is 21.9 Å². The van der Waals surface area contributed by atoms with Gasteiger partial charge in [0.05, 0.1) is 0 Å². The molecule has 94 valence electrons. The summed E-state index contributed by atoms with van der Waals surface area (Å²) in [6.45, 7) is 0. The van der Waals surface area contributed by atoms with E-state index in [0.717, 1.165) is 26.4 Å². The summed E-state index contributed by atoms with van der Waals surface area (Å²) in [7, 11) is 0. The zero-order valence-electron chi connectivity index (χ0n) is 9.90. The van der Waals surface area contributed by atoms with Gasteiger partial charge in [0.25, 0.3) is 0 Å². The summed E-state index contributed by atoms with van der Waals surface area (Å²) in [5.74, 6) is 0.252. The molecular formula is C16H10BrClO. The van der Waals surface area contributed by atoms with E-state index in [1.54, 1.807) is 12.1 Å². The number of phenols is 1. The van der Waals surface area contributed by atoms with Gasteiger partial charge < -0.3 is 5.11 Å². The van der Waals surface area contributed by atoms with Crippen LogP contribution in [-0.2, 0) is 0 Å². The van der Waals surface area contributed by atoms with Crippen LogP contribution in [0.5, 0.6) is 5.75 Å². The van der Waals surface area contributed by atoms with Crippen molar-refractivity contribution in [2.75, 3.05) is 0 Å². The largest absolute Gasteiger partial charge is 0.507 e. The quantitative estimate of drug-likeness (QED) is 0.612. The lowest BCUT2D eigenvalue weighted by Crippen LogP contribution is -1.84. The molecule has 0 aliphatic rings. The number of para-hydroxylation sites is 1. The first-order valence-corrected chi connectivity index (χ1v) is 7.00. The van der Waals surface area contributed by atoms with Gasteiger partial charge in [0.15, 0.2) is 0 Å². The maximum absolute atomic E-state index is 10.0. The topological polar surface area (TPSA) is 20.2 Å². The molecule has 0 fully saturated rings.